The van der Waals surface area contributed by atoms with Crippen LogP contribution in [0.25, 0.3) is 33.5 Å². The van der Waals surface area contributed by atoms with Crippen molar-refractivity contribution in [2.75, 3.05) is 11.1 Å². The maximum Gasteiger partial charge on any atom is 0.269 e. The highest BCUT2D eigenvalue weighted by Gasteiger charge is 2.28. The summed E-state index contributed by atoms with van der Waals surface area (Å²) in [6, 6.07) is 10.4. The lowest BCUT2D eigenvalue weighted by atomic mass is 9.99. The molecule has 9 nitrogen and oxygen atoms in total. The molecule has 33 heavy (non-hydrogen) atoms. The summed E-state index contributed by atoms with van der Waals surface area (Å²) in [7, 11) is 0. The van der Waals surface area contributed by atoms with Crippen LogP contribution in [0.1, 0.15) is 29.9 Å². The normalized spacial score (nSPS) is 11.5. The van der Waals surface area contributed by atoms with Gasteiger partial charge in [0.25, 0.3) is 11.8 Å². The number of primary amides is 1. The van der Waals surface area contributed by atoms with E-state index in [2.05, 4.69) is 25.5 Å². The summed E-state index contributed by atoms with van der Waals surface area (Å²) in [5, 5.41) is 10.3. The van der Waals surface area contributed by atoms with Gasteiger partial charge in [-0.3, -0.25) is 14.7 Å². The van der Waals surface area contributed by atoms with Crippen LogP contribution in [-0.2, 0) is 4.79 Å². The van der Waals surface area contributed by atoms with Crippen LogP contribution < -0.4 is 16.8 Å². The van der Waals surface area contributed by atoms with Crippen molar-refractivity contribution in [3.8, 4) is 22.6 Å². The van der Waals surface area contributed by atoms with E-state index in [0.29, 0.717) is 16.8 Å². The number of benzene rings is 2. The first-order valence-corrected chi connectivity index (χ1v) is 10.1. The average Bonchev–Trinajstić information content (AvgIpc) is 3.22. The number of halogens is 1. The molecule has 2 aromatic heterocycles. The molecule has 4 rings (SSSR count). The Labute approximate surface area is 188 Å². The minimum Gasteiger partial charge on any atom is -0.395 e. The number of hydrogen-bond donors (Lipinski definition) is 4. The van der Waals surface area contributed by atoms with Gasteiger partial charge in [-0.2, -0.15) is 5.10 Å². The van der Waals surface area contributed by atoms with E-state index in [1.807, 2.05) is 19.1 Å². The number of nitrogen functional groups attached to an aromatic ring is 1. The summed E-state index contributed by atoms with van der Waals surface area (Å²) in [6.45, 7) is 4.19. The van der Waals surface area contributed by atoms with E-state index < -0.39 is 17.5 Å². The van der Waals surface area contributed by atoms with E-state index in [4.69, 9.17) is 11.5 Å². The third kappa shape index (κ3) is 3.98. The molecule has 6 N–H and O–H groups in total. The number of aromatic amines is 1. The largest absolute Gasteiger partial charge is 0.395 e. The van der Waals surface area contributed by atoms with Crippen molar-refractivity contribution in [3.05, 3.63) is 53.9 Å². The summed E-state index contributed by atoms with van der Waals surface area (Å²) >= 11 is 0. The molecule has 0 saturated carbocycles. The van der Waals surface area contributed by atoms with E-state index >= 15 is 0 Å². The van der Waals surface area contributed by atoms with Crippen LogP contribution in [0.15, 0.2) is 42.6 Å². The second-order valence-electron chi connectivity index (χ2n) is 8.08. The number of carbonyl (C=O) groups is 2. The number of nitrogens with one attached hydrogen (secondary N) is 2. The van der Waals surface area contributed by atoms with Gasteiger partial charge in [0.15, 0.2) is 17.2 Å². The van der Waals surface area contributed by atoms with Crippen molar-refractivity contribution >= 4 is 34.1 Å². The number of nitrogens with zero attached hydrogens (tertiary/aromatic N) is 3. The smallest absolute Gasteiger partial charge is 0.269 e. The Balaban J connectivity index is 1.97. The molecule has 2 aromatic carbocycles. The zero-order valence-electron chi connectivity index (χ0n) is 18.2. The Morgan fingerprint density at radius 1 is 1.12 bits per heavy atom. The van der Waals surface area contributed by atoms with Crippen molar-refractivity contribution in [2.24, 2.45) is 5.73 Å². The molecular formula is C23H22FN7O2. The molecule has 0 spiro atoms. The van der Waals surface area contributed by atoms with Gasteiger partial charge < -0.3 is 16.8 Å². The van der Waals surface area contributed by atoms with E-state index in [1.165, 1.54) is 0 Å². The predicted molar refractivity (Wildman–Crippen MR) is 124 cm³/mol. The molecule has 168 valence electrons. The molecule has 0 aliphatic carbocycles. The summed E-state index contributed by atoms with van der Waals surface area (Å²) in [5.41, 5.74) is 12.8. The summed E-state index contributed by atoms with van der Waals surface area (Å²) in [5.74, 6) is -1.57. The predicted octanol–water partition coefficient (Wildman–Crippen LogP) is 3.36. The van der Waals surface area contributed by atoms with Crippen molar-refractivity contribution < 1.29 is 14.0 Å². The second-order valence-corrected chi connectivity index (χ2v) is 8.08. The van der Waals surface area contributed by atoms with Crippen LogP contribution in [0.2, 0.25) is 0 Å². The van der Waals surface area contributed by atoms with Gasteiger partial charge in [0.05, 0.1) is 28.8 Å². The third-order valence-electron chi connectivity index (χ3n) is 5.20. The molecule has 10 heteroatoms. The molecular weight excluding hydrogens is 425 g/mol. The number of amides is 2. The molecule has 0 fully saturated rings. The van der Waals surface area contributed by atoms with Crippen LogP contribution in [0.5, 0.6) is 0 Å². The lowest BCUT2D eigenvalue weighted by molar-refractivity contribution is -0.125. The van der Waals surface area contributed by atoms with Gasteiger partial charge in [-0.1, -0.05) is 18.2 Å². The van der Waals surface area contributed by atoms with Crippen molar-refractivity contribution in [1.82, 2.24) is 20.2 Å². The van der Waals surface area contributed by atoms with Gasteiger partial charge in [-0.15, -0.1) is 0 Å². The van der Waals surface area contributed by atoms with Crippen molar-refractivity contribution in [3.63, 3.8) is 0 Å². The second kappa shape index (κ2) is 7.97. The number of alkyl halides is 1. The lowest BCUT2D eigenvalue weighted by Crippen LogP contribution is -2.32. The number of carbonyl (C=O) groups excluding carboxylic acids is 2. The van der Waals surface area contributed by atoms with Crippen LogP contribution in [-0.4, -0.2) is 37.6 Å². The van der Waals surface area contributed by atoms with Crippen LogP contribution in [0.4, 0.5) is 15.8 Å². The number of anilines is 2. The molecule has 4 aromatic rings. The number of aromatic nitrogens is 4. The first kappa shape index (κ1) is 21.9. The first-order chi connectivity index (χ1) is 15.6. The first-order valence-electron chi connectivity index (χ1n) is 10.1. The lowest BCUT2D eigenvalue weighted by Gasteiger charge is -2.17. The van der Waals surface area contributed by atoms with Gasteiger partial charge in [0.2, 0.25) is 0 Å². The fraction of sp³-hybridized carbons (Fsp3) is 0.174. The van der Waals surface area contributed by atoms with Gasteiger partial charge in [0.1, 0.15) is 0 Å². The minimum atomic E-state index is -2.10. The molecule has 0 radical (unpaired) electrons. The van der Waals surface area contributed by atoms with E-state index in [9.17, 15) is 14.0 Å². The Morgan fingerprint density at radius 3 is 2.55 bits per heavy atom. The van der Waals surface area contributed by atoms with E-state index in [-0.39, 0.29) is 22.9 Å². The fourth-order valence-corrected chi connectivity index (χ4v) is 3.47. The maximum atomic E-state index is 14.1. The SMILES string of the molecule is Cc1ccc2[nH]ncc2c1-c1nc(-c2ccccc2NC(=O)C(C)(C)F)nc(C(N)=O)c1N. The average molecular weight is 447 g/mol. The zero-order chi connectivity index (χ0) is 23.9. The molecule has 0 atom stereocenters. The highest BCUT2D eigenvalue weighted by atomic mass is 19.1. The Bertz CT molecular complexity index is 1410. The Kier molecular flexibility index (Phi) is 5.28. The monoisotopic (exact) mass is 447 g/mol. The third-order valence-corrected chi connectivity index (χ3v) is 5.20. The maximum absolute atomic E-state index is 14.1. The Morgan fingerprint density at radius 2 is 1.85 bits per heavy atom. The molecule has 2 amide bonds. The van der Waals surface area contributed by atoms with Gasteiger partial charge in [-0.25, -0.2) is 14.4 Å². The van der Waals surface area contributed by atoms with Gasteiger partial charge in [0, 0.05) is 16.5 Å². The molecule has 0 aliphatic rings. The number of aryl methyl sites for hydroxylation is 1. The fourth-order valence-electron chi connectivity index (χ4n) is 3.47. The quantitative estimate of drug-likeness (QED) is 0.368. The number of hydrogen-bond acceptors (Lipinski definition) is 6. The summed E-state index contributed by atoms with van der Waals surface area (Å²) in [6.07, 6.45) is 1.64. The molecule has 0 aliphatic heterocycles. The van der Waals surface area contributed by atoms with Gasteiger partial charge in [-0.05, 0) is 44.5 Å². The zero-order valence-corrected chi connectivity index (χ0v) is 18.2. The number of rotatable bonds is 5. The Hall–Kier alpha value is -4.34. The number of fused-ring (bicyclic) bond motifs is 1. The van der Waals surface area contributed by atoms with E-state index in [0.717, 1.165) is 30.3 Å². The summed E-state index contributed by atoms with van der Waals surface area (Å²) in [4.78, 5) is 33.4. The van der Waals surface area contributed by atoms with Crippen molar-refractivity contribution in [1.29, 1.82) is 0 Å². The molecule has 0 unspecified atom stereocenters. The number of H-pyrrole nitrogens is 1. The minimum absolute atomic E-state index is 0.0226. The van der Waals surface area contributed by atoms with Crippen LogP contribution >= 0.6 is 0 Å². The highest BCUT2D eigenvalue weighted by Crippen LogP contribution is 2.37. The standard InChI is InChI=1S/C23H22FN7O2/c1-11-8-9-15-13(10-27-31-15)16(11)18-17(25)19(20(26)32)30-21(29-18)12-6-4-5-7-14(12)28-22(33)23(2,3)24/h4-10H,25H2,1-3H3,(H2,26,32)(H,27,31)(H,28,33). The molecule has 0 bridgehead atoms. The molecule has 0 saturated heterocycles. The number of para-hydroxylation sites is 1. The van der Waals surface area contributed by atoms with E-state index in [1.54, 1.807) is 30.5 Å². The van der Waals surface area contributed by atoms with Crippen LogP contribution in [0, 0.1) is 6.92 Å². The number of nitrogens with two attached hydrogens (primary N) is 2. The van der Waals surface area contributed by atoms with Crippen molar-refractivity contribution in [2.45, 2.75) is 26.4 Å². The highest BCUT2D eigenvalue weighted by molar-refractivity contribution is 6.05. The van der Waals surface area contributed by atoms with Gasteiger partial charge >= 0.3 is 0 Å². The summed E-state index contributed by atoms with van der Waals surface area (Å²) < 4.78 is 14.1. The molecule has 2 heterocycles. The van der Waals surface area contributed by atoms with Crippen LogP contribution in [0.3, 0.4) is 0 Å². The topological polar surface area (TPSA) is 153 Å².